The van der Waals surface area contributed by atoms with Gasteiger partial charge in [0.15, 0.2) is 0 Å². The summed E-state index contributed by atoms with van der Waals surface area (Å²) >= 11 is 0. The van der Waals surface area contributed by atoms with Crippen molar-refractivity contribution in [3.8, 4) is 0 Å². The Morgan fingerprint density at radius 3 is 2.33 bits per heavy atom. The molecule has 0 spiro atoms. The maximum absolute atomic E-state index is 11.5. The lowest BCUT2D eigenvalue weighted by Gasteiger charge is -2.36. The number of hydrogen-bond donors (Lipinski definition) is 1. The molecular formula is C15H24N6O3. The largest absolute Gasteiger partial charge is 0.378 e. The van der Waals surface area contributed by atoms with Crippen LogP contribution in [-0.2, 0) is 4.74 Å². The maximum Gasteiger partial charge on any atom is 0.353 e. The predicted molar refractivity (Wildman–Crippen MR) is 91.4 cm³/mol. The number of ether oxygens (including phenoxy) is 1. The van der Waals surface area contributed by atoms with Gasteiger partial charge in [0.2, 0.25) is 17.6 Å². The van der Waals surface area contributed by atoms with E-state index in [1.54, 1.807) is 0 Å². The zero-order valence-electron chi connectivity index (χ0n) is 14.1. The summed E-state index contributed by atoms with van der Waals surface area (Å²) in [6.07, 6.45) is 3.24. The Morgan fingerprint density at radius 1 is 1.12 bits per heavy atom. The summed E-state index contributed by atoms with van der Waals surface area (Å²) < 4.78 is 5.73. The zero-order chi connectivity index (χ0) is 17.3. The second-order valence-electron chi connectivity index (χ2n) is 6.55. The van der Waals surface area contributed by atoms with E-state index in [2.05, 4.69) is 9.97 Å². The van der Waals surface area contributed by atoms with Crippen molar-refractivity contribution in [2.24, 2.45) is 0 Å². The van der Waals surface area contributed by atoms with Crippen LogP contribution in [0.3, 0.4) is 0 Å². The van der Waals surface area contributed by atoms with E-state index >= 15 is 0 Å². The van der Waals surface area contributed by atoms with Gasteiger partial charge < -0.3 is 20.3 Å². The average molecular weight is 336 g/mol. The van der Waals surface area contributed by atoms with Crippen LogP contribution in [-0.4, -0.2) is 53.3 Å². The Bertz CT molecular complexity index is 609. The molecule has 2 saturated heterocycles. The van der Waals surface area contributed by atoms with Crippen LogP contribution in [0.5, 0.6) is 0 Å². The standard InChI is InChI=1S/C15H24N6O3/c1-10-8-20(9-11(2)24-10)15-17-13(16)12(21(22)23)14(18-15)19-6-4-3-5-7-19/h10-11H,3-9H2,1-2H3,(H2,16,17,18)/t10-,11+. The Morgan fingerprint density at radius 2 is 1.75 bits per heavy atom. The summed E-state index contributed by atoms with van der Waals surface area (Å²) in [6.45, 7) is 6.77. The van der Waals surface area contributed by atoms with Crippen LogP contribution >= 0.6 is 0 Å². The number of rotatable bonds is 3. The molecule has 2 fully saturated rings. The summed E-state index contributed by atoms with van der Waals surface area (Å²) in [5.74, 6) is 0.715. The number of nitrogens with two attached hydrogens (primary N) is 1. The van der Waals surface area contributed by atoms with Gasteiger partial charge in [0.05, 0.1) is 17.1 Å². The predicted octanol–water partition coefficient (Wildman–Crippen LogP) is 1.57. The van der Waals surface area contributed by atoms with Gasteiger partial charge in [-0.2, -0.15) is 9.97 Å². The van der Waals surface area contributed by atoms with Gasteiger partial charge in [-0.1, -0.05) is 0 Å². The lowest BCUT2D eigenvalue weighted by molar-refractivity contribution is -0.383. The first kappa shape index (κ1) is 16.7. The van der Waals surface area contributed by atoms with Gasteiger partial charge in [-0.3, -0.25) is 10.1 Å². The van der Waals surface area contributed by atoms with Gasteiger partial charge in [-0.15, -0.1) is 0 Å². The van der Waals surface area contributed by atoms with Crippen LogP contribution in [0.25, 0.3) is 0 Å². The minimum Gasteiger partial charge on any atom is -0.378 e. The van der Waals surface area contributed by atoms with Gasteiger partial charge in [0.25, 0.3) is 0 Å². The van der Waals surface area contributed by atoms with Crippen molar-refractivity contribution in [3.05, 3.63) is 10.1 Å². The normalized spacial score (nSPS) is 24.9. The van der Waals surface area contributed by atoms with Crippen LogP contribution < -0.4 is 15.5 Å². The molecule has 24 heavy (non-hydrogen) atoms. The summed E-state index contributed by atoms with van der Waals surface area (Å²) in [6, 6.07) is 0. The number of hydrogen-bond acceptors (Lipinski definition) is 8. The molecule has 0 radical (unpaired) electrons. The molecule has 0 bridgehead atoms. The quantitative estimate of drug-likeness (QED) is 0.654. The van der Waals surface area contributed by atoms with Crippen molar-refractivity contribution < 1.29 is 9.66 Å². The fraction of sp³-hybridized carbons (Fsp3) is 0.733. The van der Waals surface area contributed by atoms with E-state index in [1.165, 1.54) is 0 Å². The third-order valence-electron chi connectivity index (χ3n) is 4.42. The molecule has 0 saturated carbocycles. The van der Waals surface area contributed by atoms with Crippen LogP contribution in [0.4, 0.5) is 23.3 Å². The third kappa shape index (κ3) is 3.35. The number of anilines is 3. The first-order valence-electron chi connectivity index (χ1n) is 8.43. The van der Waals surface area contributed by atoms with E-state index < -0.39 is 4.92 Å². The van der Waals surface area contributed by atoms with Gasteiger partial charge in [-0.05, 0) is 33.1 Å². The molecule has 0 amide bonds. The number of aromatic nitrogens is 2. The minimum atomic E-state index is -0.479. The topological polar surface area (TPSA) is 111 Å². The molecule has 9 nitrogen and oxygen atoms in total. The fourth-order valence-corrected chi connectivity index (χ4v) is 3.43. The van der Waals surface area contributed by atoms with Crippen LogP contribution in [0.2, 0.25) is 0 Å². The zero-order valence-corrected chi connectivity index (χ0v) is 14.1. The van der Waals surface area contributed by atoms with E-state index in [0.717, 1.165) is 32.4 Å². The van der Waals surface area contributed by atoms with Crippen molar-refractivity contribution in [2.75, 3.05) is 41.7 Å². The highest BCUT2D eigenvalue weighted by molar-refractivity contribution is 5.71. The lowest BCUT2D eigenvalue weighted by Crippen LogP contribution is -2.46. The second-order valence-corrected chi connectivity index (χ2v) is 6.55. The summed E-state index contributed by atoms with van der Waals surface area (Å²) in [7, 11) is 0. The fourth-order valence-electron chi connectivity index (χ4n) is 3.43. The molecule has 2 aliphatic rings. The molecule has 132 valence electrons. The van der Waals surface area contributed by atoms with E-state index in [4.69, 9.17) is 10.5 Å². The number of piperidine rings is 1. The average Bonchev–Trinajstić information content (AvgIpc) is 2.53. The molecule has 2 aliphatic heterocycles. The number of morpholine rings is 1. The minimum absolute atomic E-state index is 0.0483. The van der Waals surface area contributed by atoms with Crippen LogP contribution in [0.15, 0.2) is 0 Å². The van der Waals surface area contributed by atoms with Crippen LogP contribution in [0, 0.1) is 10.1 Å². The first-order chi connectivity index (χ1) is 11.5. The highest BCUT2D eigenvalue weighted by Crippen LogP contribution is 2.34. The molecule has 0 aromatic carbocycles. The summed E-state index contributed by atoms with van der Waals surface area (Å²) in [5.41, 5.74) is 5.74. The Balaban J connectivity index is 1.99. The smallest absolute Gasteiger partial charge is 0.353 e. The van der Waals surface area contributed by atoms with E-state index in [0.29, 0.717) is 24.9 Å². The Kier molecular flexibility index (Phi) is 4.70. The van der Waals surface area contributed by atoms with Crippen molar-refractivity contribution >= 4 is 23.3 Å². The molecule has 2 atom stereocenters. The van der Waals surface area contributed by atoms with E-state index in [9.17, 15) is 10.1 Å². The Labute approximate surface area is 140 Å². The molecular weight excluding hydrogens is 312 g/mol. The molecule has 3 heterocycles. The van der Waals surface area contributed by atoms with Gasteiger partial charge in [0, 0.05) is 26.2 Å². The molecule has 0 aliphatic carbocycles. The van der Waals surface area contributed by atoms with Crippen molar-refractivity contribution in [3.63, 3.8) is 0 Å². The molecule has 3 rings (SSSR count). The molecule has 1 aromatic heterocycles. The first-order valence-corrected chi connectivity index (χ1v) is 8.43. The molecule has 1 aromatic rings. The lowest BCUT2D eigenvalue weighted by atomic mass is 10.1. The maximum atomic E-state index is 11.5. The molecule has 0 unspecified atom stereocenters. The highest BCUT2D eigenvalue weighted by atomic mass is 16.6. The summed E-state index contributed by atoms with van der Waals surface area (Å²) in [5, 5.41) is 11.5. The monoisotopic (exact) mass is 336 g/mol. The SMILES string of the molecule is C[C@@H]1CN(c2nc(N)c([N+](=O)[O-])c(N3CCCCC3)n2)C[C@H](C)O1. The number of nitrogen functional groups attached to an aromatic ring is 1. The third-order valence-corrected chi connectivity index (χ3v) is 4.42. The highest BCUT2D eigenvalue weighted by Gasteiger charge is 2.31. The number of nitro groups is 1. The van der Waals surface area contributed by atoms with Gasteiger partial charge in [0.1, 0.15) is 0 Å². The van der Waals surface area contributed by atoms with Crippen molar-refractivity contribution in [1.29, 1.82) is 0 Å². The molecule has 9 heteroatoms. The Hall–Kier alpha value is -2.16. The number of nitrogens with zero attached hydrogens (tertiary/aromatic N) is 5. The van der Waals surface area contributed by atoms with Gasteiger partial charge in [-0.25, -0.2) is 0 Å². The molecule has 2 N–H and O–H groups in total. The second kappa shape index (κ2) is 6.76. The van der Waals surface area contributed by atoms with Crippen LogP contribution in [0.1, 0.15) is 33.1 Å². The van der Waals surface area contributed by atoms with E-state index in [-0.39, 0.29) is 23.7 Å². The van der Waals surface area contributed by atoms with E-state index in [1.807, 2.05) is 23.6 Å². The van der Waals surface area contributed by atoms with Crippen molar-refractivity contribution in [2.45, 2.75) is 45.3 Å². The summed E-state index contributed by atoms with van der Waals surface area (Å²) in [4.78, 5) is 23.7. The van der Waals surface area contributed by atoms with Crippen molar-refractivity contribution in [1.82, 2.24) is 9.97 Å². The van der Waals surface area contributed by atoms with Gasteiger partial charge >= 0.3 is 5.69 Å².